The van der Waals surface area contributed by atoms with Crippen LogP contribution in [0.2, 0.25) is 0 Å². The number of morpholine rings is 1. The highest BCUT2D eigenvalue weighted by Crippen LogP contribution is 2.17. The number of rotatable bonds is 7. The molecule has 0 amide bonds. The van der Waals surface area contributed by atoms with Gasteiger partial charge in [-0.2, -0.15) is 0 Å². The Morgan fingerprint density at radius 2 is 1.85 bits per heavy atom. The Hall–Kier alpha value is -1.50. The summed E-state index contributed by atoms with van der Waals surface area (Å²) in [5, 5.41) is 3.16. The van der Waals surface area contributed by atoms with Crippen molar-refractivity contribution in [2.45, 2.75) is 11.8 Å². The normalized spacial score (nSPS) is 15.0. The first kappa shape index (κ1) is 20.2. The fourth-order valence-electron chi connectivity index (χ4n) is 2.67. The summed E-state index contributed by atoms with van der Waals surface area (Å²) in [6.45, 7) is 5.48. The third-order valence-corrected chi connectivity index (χ3v) is 6.20. The van der Waals surface area contributed by atoms with E-state index < -0.39 is 10.0 Å². The highest BCUT2D eigenvalue weighted by Gasteiger charge is 2.15. The van der Waals surface area contributed by atoms with Gasteiger partial charge in [0.2, 0.25) is 10.0 Å². The quantitative estimate of drug-likeness (QED) is 0.438. The van der Waals surface area contributed by atoms with Crippen LogP contribution < -0.4 is 14.9 Å². The lowest BCUT2D eigenvalue weighted by molar-refractivity contribution is 0.122. The van der Waals surface area contributed by atoms with Crippen LogP contribution in [0.4, 0.5) is 11.6 Å². The zero-order chi connectivity index (χ0) is 19.3. The standard InChI is InChI=1S/C17H22IN5O3S/c1-13-21-16(12-17(22-13)23-8-10-26-11-9-23)19-6-7-20-27(24,25)15-4-2-14(18)3-5-15/h2-5,12,20H,6-11H2,1H3,(H,19,21,22). The molecule has 1 saturated heterocycles. The number of nitrogens with zero attached hydrogens (tertiary/aromatic N) is 3. The third kappa shape index (κ3) is 5.74. The van der Waals surface area contributed by atoms with E-state index in [1.165, 1.54) is 0 Å². The van der Waals surface area contributed by atoms with E-state index in [4.69, 9.17) is 4.74 Å². The molecule has 8 nitrogen and oxygen atoms in total. The predicted octanol–water partition coefficient (Wildman–Crippen LogP) is 1.62. The number of aromatic nitrogens is 2. The molecule has 10 heteroatoms. The average Bonchev–Trinajstić information content (AvgIpc) is 2.66. The molecule has 0 radical (unpaired) electrons. The van der Waals surface area contributed by atoms with Gasteiger partial charge >= 0.3 is 0 Å². The van der Waals surface area contributed by atoms with E-state index in [9.17, 15) is 8.42 Å². The maximum atomic E-state index is 12.3. The Balaban J connectivity index is 1.55. The van der Waals surface area contributed by atoms with Crippen LogP contribution in [-0.4, -0.2) is 57.8 Å². The molecule has 0 atom stereocenters. The van der Waals surface area contributed by atoms with Crippen molar-refractivity contribution < 1.29 is 13.2 Å². The maximum Gasteiger partial charge on any atom is 0.240 e. The van der Waals surface area contributed by atoms with Crippen molar-refractivity contribution >= 4 is 44.2 Å². The van der Waals surface area contributed by atoms with Crippen LogP contribution in [0, 0.1) is 10.5 Å². The average molecular weight is 503 g/mol. The lowest BCUT2D eigenvalue weighted by atomic mass is 10.4. The number of benzene rings is 1. The van der Waals surface area contributed by atoms with Crippen LogP contribution in [0.1, 0.15) is 5.82 Å². The summed E-state index contributed by atoms with van der Waals surface area (Å²) in [5.41, 5.74) is 0. The first-order valence-corrected chi connectivity index (χ1v) is 11.2. The van der Waals surface area contributed by atoms with Crippen LogP contribution >= 0.6 is 22.6 Å². The Morgan fingerprint density at radius 1 is 1.15 bits per heavy atom. The zero-order valence-electron chi connectivity index (χ0n) is 15.0. The predicted molar refractivity (Wildman–Crippen MR) is 113 cm³/mol. The highest BCUT2D eigenvalue weighted by atomic mass is 127. The fourth-order valence-corrected chi connectivity index (χ4v) is 4.06. The van der Waals surface area contributed by atoms with E-state index in [1.54, 1.807) is 24.3 Å². The van der Waals surface area contributed by atoms with Crippen LogP contribution in [0.25, 0.3) is 0 Å². The molecule has 2 aromatic rings. The number of hydrogen-bond acceptors (Lipinski definition) is 7. The van der Waals surface area contributed by atoms with Gasteiger partial charge in [-0.15, -0.1) is 0 Å². The van der Waals surface area contributed by atoms with E-state index in [1.807, 2.05) is 13.0 Å². The molecule has 1 aromatic heterocycles. The van der Waals surface area contributed by atoms with Crippen LogP contribution in [-0.2, 0) is 14.8 Å². The molecule has 1 aliphatic heterocycles. The second-order valence-electron chi connectivity index (χ2n) is 6.04. The van der Waals surface area contributed by atoms with Gasteiger partial charge in [-0.1, -0.05) is 0 Å². The third-order valence-electron chi connectivity index (χ3n) is 4.01. The minimum Gasteiger partial charge on any atom is -0.378 e. The van der Waals surface area contributed by atoms with Gasteiger partial charge in [0, 0.05) is 35.8 Å². The van der Waals surface area contributed by atoms with Gasteiger partial charge in [0.05, 0.1) is 18.1 Å². The molecule has 27 heavy (non-hydrogen) atoms. The van der Waals surface area contributed by atoms with Crippen molar-refractivity contribution in [3.63, 3.8) is 0 Å². The van der Waals surface area contributed by atoms with Gasteiger partial charge in [0.25, 0.3) is 0 Å². The molecule has 3 rings (SSSR count). The van der Waals surface area contributed by atoms with Crippen molar-refractivity contribution in [3.8, 4) is 0 Å². The summed E-state index contributed by atoms with van der Waals surface area (Å²) in [4.78, 5) is 11.3. The van der Waals surface area contributed by atoms with E-state index in [0.29, 0.717) is 31.4 Å². The summed E-state index contributed by atoms with van der Waals surface area (Å²) >= 11 is 2.14. The molecular formula is C17H22IN5O3S. The molecule has 1 fully saturated rings. The molecule has 2 heterocycles. The molecule has 146 valence electrons. The number of aryl methyl sites for hydroxylation is 1. The Bertz CT molecular complexity index is 871. The minimum atomic E-state index is -3.51. The molecule has 0 aliphatic carbocycles. The molecule has 0 spiro atoms. The second kappa shape index (κ2) is 9.13. The maximum absolute atomic E-state index is 12.3. The summed E-state index contributed by atoms with van der Waals surface area (Å²) in [6, 6.07) is 8.61. The first-order valence-electron chi connectivity index (χ1n) is 8.61. The molecule has 0 unspecified atom stereocenters. The SMILES string of the molecule is Cc1nc(NCCNS(=O)(=O)c2ccc(I)cc2)cc(N2CCOCC2)n1. The smallest absolute Gasteiger partial charge is 0.240 e. The lowest BCUT2D eigenvalue weighted by Crippen LogP contribution is -2.37. The number of ether oxygens (including phenoxy) is 1. The zero-order valence-corrected chi connectivity index (χ0v) is 18.0. The van der Waals surface area contributed by atoms with E-state index in [-0.39, 0.29) is 11.4 Å². The topological polar surface area (TPSA) is 96.5 Å². The van der Waals surface area contributed by atoms with E-state index >= 15 is 0 Å². The van der Waals surface area contributed by atoms with E-state index in [0.717, 1.165) is 22.5 Å². The highest BCUT2D eigenvalue weighted by molar-refractivity contribution is 14.1. The molecule has 0 saturated carbocycles. The van der Waals surface area contributed by atoms with Crippen molar-refractivity contribution in [1.82, 2.24) is 14.7 Å². The monoisotopic (exact) mass is 503 g/mol. The molecule has 0 bridgehead atoms. The second-order valence-corrected chi connectivity index (χ2v) is 9.05. The summed E-state index contributed by atoms with van der Waals surface area (Å²) in [7, 11) is -3.51. The number of halogens is 1. The van der Waals surface area contributed by atoms with Crippen molar-refractivity contribution in [1.29, 1.82) is 0 Å². The largest absolute Gasteiger partial charge is 0.378 e. The Morgan fingerprint density at radius 3 is 2.56 bits per heavy atom. The number of sulfonamides is 1. The minimum absolute atomic E-state index is 0.254. The number of anilines is 2. The van der Waals surface area contributed by atoms with Gasteiger partial charge < -0.3 is 15.0 Å². The van der Waals surface area contributed by atoms with Crippen LogP contribution in [0.5, 0.6) is 0 Å². The van der Waals surface area contributed by atoms with Gasteiger partial charge in [-0.25, -0.2) is 23.1 Å². The summed E-state index contributed by atoms with van der Waals surface area (Å²) in [5.74, 6) is 2.20. The van der Waals surface area contributed by atoms with Gasteiger partial charge in [0.1, 0.15) is 17.5 Å². The number of hydrogen-bond donors (Lipinski definition) is 2. The number of nitrogens with one attached hydrogen (secondary N) is 2. The van der Waals surface area contributed by atoms with Crippen LogP contribution in [0.3, 0.4) is 0 Å². The van der Waals surface area contributed by atoms with Crippen LogP contribution in [0.15, 0.2) is 35.2 Å². The lowest BCUT2D eigenvalue weighted by Gasteiger charge is -2.28. The Kier molecular flexibility index (Phi) is 6.84. The Labute approximate surface area is 172 Å². The molecule has 1 aliphatic rings. The van der Waals surface area contributed by atoms with Crippen molar-refractivity contribution in [3.05, 3.63) is 39.7 Å². The fraction of sp³-hybridized carbons (Fsp3) is 0.412. The molecule has 1 aromatic carbocycles. The summed E-state index contributed by atoms with van der Waals surface area (Å²) < 4.78 is 33.5. The van der Waals surface area contributed by atoms with Crippen molar-refractivity contribution in [2.24, 2.45) is 0 Å². The van der Waals surface area contributed by atoms with Gasteiger partial charge in [0.15, 0.2) is 0 Å². The summed E-state index contributed by atoms with van der Waals surface area (Å²) in [6.07, 6.45) is 0. The molecule has 2 N–H and O–H groups in total. The first-order chi connectivity index (χ1) is 12.9. The van der Waals surface area contributed by atoms with Crippen molar-refractivity contribution in [2.75, 3.05) is 49.6 Å². The molecular weight excluding hydrogens is 481 g/mol. The van der Waals surface area contributed by atoms with E-state index in [2.05, 4.69) is 47.5 Å². The van der Waals surface area contributed by atoms with Gasteiger partial charge in [-0.05, 0) is 53.8 Å². The van der Waals surface area contributed by atoms with Gasteiger partial charge in [-0.3, -0.25) is 0 Å².